The summed E-state index contributed by atoms with van der Waals surface area (Å²) >= 11 is 8.17. The number of benzene rings is 1. The third-order valence-corrected chi connectivity index (χ3v) is 7.67. The second-order valence-corrected chi connectivity index (χ2v) is 9.95. The van der Waals surface area contributed by atoms with Gasteiger partial charge in [-0.1, -0.05) is 29.4 Å². The minimum Gasteiger partial charge on any atom is -0.486 e. The van der Waals surface area contributed by atoms with Crippen molar-refractivity contribution in [3.8, 4) is 5.75 Å². The minimum absolute atomic E-state index is 0.0301. The third kappa shape index (κ3) is 6.70. The number of hydrogen-bond acceptors (Lipinski definition) is 10. The second-order valence-electron chi connectivity index (χ2n) is 7.58. The zero-order valence-corrected chi connectivity index (χ0v) is 23.0. The molecule has 1 aromatic carbocycles. The van der Waals surface area contributed by atoms with Crippen LogP contribution in [-0.4, -0.2) is 52.6 Å². The first kappa shape index (κ1) is 28.2. The Bertz CT molecular complexity index is 1340. The van der Waals surface area contributed by atoms with E-state index in [0.29, 0.717) is 33.9 Å². The van der Waals surface area contributed by atoms with E-state index in [4.69, 9.17) is 25.8 Å². The summed E-state index contributed by atoms with van der Waals surface area (Å²) in [5.74, 6) is -0.517. The molecule has 0 aliphatic heterocycles. The van der Waals surface area contributed by atoms with Crippen LogP contribution in [0.15, 0.2) is 36.0 Å². The largest absolute Gasteiger partial charge is 0.486 e. The number of amides is 1. The molecule has 0 radical (unpaired) electrons. The number of rotatable bonds is 11. The normalized spacial score (nSPS) is 10.6. The lowest BCUT2D eigenvalue weighted by Gasteiger charge is -2.10. The van der Waals surface area contributed by atoms with Crippen molar-refractivity contribution in [3.05, 3.63) is 63.3 Å². The van der Waals surface area contributed by atoms with E-state index in [-0.39, 0.29) is 27.8 Å². The van der Waals surface area contributed by atoms with Crippen molar-refractivity contribution in [1.29, 1.82) is 0 Å². The van der Waals surface area contributed by atoms with Crippen molar-refractivity contribution >= 4 is 57.5 Å². The average Bonchev–Trinajstić information content (AvgIpc) is 3.42. The molecule has 196 valence electrons. The van der Waals surface area contributed by atoms with E-state index in [0.717, 1.165) is 28.7 Å². The maximum Gasteiger partial charge on any atom is 0.348 e. The van der Waals surface area contributed by atoms with Crippen molar-refractivity contribution in [2.45, 2.75) is 32.2 Å². The van der Waals surface area contributed by atoms with Crippen LogP contribution in [0, 0.1) is 13.8 Å². The molecule has 0 aliphatic carbocycles. The van der Waals surface area contributed by atoms with Gasteiger partial charge < -0.3 is 19.5 Å². The molecule has 0 unspecified atom stereocenters. The maximum absolute atomic E-state index is 12.7. The second kappa shape index (κ2) is 12.7. The lowest BCUT2D eigenvalue weighted by Crippen LogP contribution is -2.16. The van der Waals surface area contributed by atoms with E-state index in [9.17, 15) is 14.4 Å². The lowest BCUT2D eigenvalue weighted by atomic mass is 10.1. The van der Waals surface area contributed by atoms with Crippen LogP contribution in [-0.2, 0) is 27.4 Å². The van der Waals surface area contributed by atoms with Crippen LogP contribution in [0.5, 0.6) is 5.75 Å². The van der Waals surface area contributed by atoms with E-state index in [1.165, 1.54) is 14.2 Å². The molecule has 0 fully saturated rings. The highest BCUT2D eigenvalue weighted by atomic mass is 35.5. The van der Waals surface area contributed by atoms with Gasteiger partial charge in [0.2, 0.25) is 5.91 Å². The first-order valence-corrected chi connectivity index (χ1v) is 13.0. The molecule has 13 heteroatoms. The SMILES string of the molecule is C=CCn1c(COc2ccc(Cl)c(C)c2)nnc1SCC(=O)Nc1sc(C(=O)OC)c(C)c1C(=O)OC. The number of halogens is 1. The molecule has 0 spiro atoms. The fraction of sp³-hybridized carbons (Fsp3) is 0.292. The number of nitrogens with one attached hydrogen (secondary N) is 1. The van der Waals surface area contributed by atoms with Crippen LogP contribution in [0.25, 0.3) is 0 Å². The minimum atomic E-state index is -0.668. The van der Waals surface area contributed by atoms with Gasteiger partial charge in [0.1, 0.15) is 22.2 Å². The number of thiophene rings is 1. The van der Waals surface area contributed by atoms with Crippen LogP contribution in [0.2, 0.25) is 5.02 Å². The number of carbonyl (C=O) groups is 3. The first-order valence-electron chi connectivity index (χ1n) is 10.8. The van der Waals surface area contributed by atoms with Gasteiger partial charge in [0, 0.05) is 11.6 Å². The number of ether oxygens (including phenoxy) is 3. The van der Waals surface area contributed by atoms with Crippen molar-refractivity contribution in [2.75, 3.05) is 25.3 Å². The molecule has 2 heterocycles. The van der Waals surface area contributed by atoms with E-state index >= 15 is 0 Å². The van der Waals surface area contributed by atoms with Gasteiger partial charge in [0.25, 0.3) is 0 Å². The van der Waals surface area contributed by atoms with Crippen LogP contribution in [0.3, 0.4) is 0 Å². The maximum atomic E-state index is 12.7. The van der Waals surface area contributed by atoms with Gasteiger partial charge >= 0.3 is 11.9 Å². The number of allylic oxidation sites excluding steroid dienone is 1. The summed E-state index contributed by atoms with van der Waals surface area (Å²) in [6.45, 7) is 7.82. The Kier molecular flexibility index (Phi) is 9.73. The predicted octanol–water partition coefficient (Wildman–Crippen LogP) is 4.68. The van der Waals surface area contributed by atoms with Gasteiger partial charge in [-0.05, 0) is 43.2 Å². The highest BCUT2D eigenvalue weighted by Gasteiger charge is 2.27. The van der Waals surface area contributed by atoms with E-state index in [1.54, 1.807) is 29.7 Å². The molecular weight excluding hydrogens is 540 g/mol. The van der Waals surface area contributed by atoms with E-state index < -0.39 is 17.8 Å². The molecule has 0 bridgehead atoms. The fourth-order valence-electron chi connectivity index (χ4n) is 3.23. The van der Waals surface area contributed by atoms with Gasteiger partial charge in [-0.3, -0.25) is 9.36 Å². The monoisotopic (exact) mass is 564 g/mol. The summed E-state index contributed by atoms with van der Waals surface area (Å²) in [4.78, 5) is 37.3. The quantitative estimate of drug-likeness (QED) is 0.201. The number of aromatic nitrogens is 3. The predicted molar refractivity (Wildman–Crippen MR) is 142 cm³/mol. The topological polar surface area (TPSA) is 122 Å². The van der Waals surface area contributed by atoms with Crippen LogP contribution in [0.4, 0.5) is 5.00 Å². The molecule has 0 saturated carbocycles. The zero-order chi connectivity index (χ0) is 27.1. The highest BCUT2D eigenvalue weighted by molar-refractivity contribution is 7.99. The molecule has 3 rings (SSSR count). The summed E-state index contributed by atoms with van der Waals surface area (Å²) < 4.78 is 17.2. The molecule has 0 aliphatic rings. The Morgan fingerprint density at radius 1 is 1.19 bits per heavy atom. The molecule has 10 nitrogen and oxygen atoms in total. The molecule has 0 atom stereocenters. The van der Waals surface area contributed by atoms with Crippen molar-refractivity contribution in [3.63, 3.8) is 0 Å². The molecule has 3 aromatic rings. The number of aryl methyl sites for hydroxylation is 1. The smallest absolute Gasteiger partial charge is 0.348 e. The lowest BCUT2D eigenvalue weighted by molar-refractivity contribution is -0.113. The average molecular weight is 565 g/mol. The Morgan fingerprint density at radius 3 is 2.57 bits per heavy atom. The molecule has 1 amide bonds. The molecule has 1 N–H and O–H groups in total. The Morgan fingerprint density at radius 2 is 1.92 bits per heavy atom. The van der Waals surface area contributed by atoms with Gasteiger partial charge in [-0.2, -0.15) is 0 Å². The Labute approximate surface area is 227 Å². The highest BCUT2D eigenvalue weighted by Crippen LogP contribution is 2.34. The molecule has 0 saturated heterocycles. The van der Waals surface area contributed by atoms with E-state index in [2.05, 4.69) is 22.1 Å². The number of thioether (sulfide) groups is 1. The number of carbonyl (C=O) groups excluding carboxylic acids is 3. The van der Waals surface area contributed by atoms with Crippen molar-refractivity contribution in [1.82, 2.24) is 14.8 Å². The van der Waals surface area contributed by atoms with Crippen LogP contribution in [0.1, 0.15) is 37.0 Å². The molecule has 2 aromatic heterocycles. The summed E-state index contributed by atoms with van der Waals surface area (Å²) in [7, 11) is 2.46. The number of nitrogens with zero attached hydrogens (tertiary/aromatic N) is 3. The number of anilines is 1. The standard InChI is InChI=1S/C24H25ClN4O6S2/c1-6-9-29-17(11-35-15-7-8-16(25)13(2)10-15)27-28-24(29)36-12-18(30)26-21-19(22(31)33-4)14(3)20(37-21)23(32)34-5/h6-8,10H,1,9,11-12H2,2-5H3,(H,26,30). The number of methoxy groups -OCH3 is 2. The molecular formula is C24H25ClN4O6S2. The van der Waals surface area contributed by atoms with Gasteiger partial charge in [-0.15, -0.1) is 28.1 Å². The zero-order valence-electron chi connectivity index (χ0n) is 20.6. The fourth-order valence-corrected chi connectivity index (χ4v) is 5.24. The first-order chi connectivity index (χ1) is 17.7. The van der Waals surface area contributed by atoms with E-state index in [1.807, 2.05) is 13.0 Å². The summed E-state index contributed by atoms with van der Waals surface area (Å²) in [5, 5.41) is 12.4. The van der Waals surface area contributed by atoms with Crippen molar-refractivity contribution < 1.29 is 28.6 Å². The van der Waals surface area contributed by atoms with Gasteiger partial charge in [0.05, 0.1) is 25.5 Å². The summed E-state index contributed by atoms with van der Waals surface area (Å²) in [5.41, 5.74) is 1.37. The summed E-state index contributed by atoms with van der Waals surface area (Å²) in [6.07, 6.45) is 1.69. The summed E-state index contributed by atoms with van der Waals surface area (Å²) in [6, 6.07) is 5.36. The van der Waals surface area contributed by atoms with Gasteiger partial charge in [-0.25, -0.2) is 9.59 Å². The van der Waals surface area contributed by atoms with Crippen LogP contribution >= 0.6 is 34.7 Å². The van der Waals surface area contributed by atoms with Crippen molar-refractivity contribution in [2.24, 2.45) is 0 Å². The number of esters is 2. The molecule has 37 heavy (non-hydrogen) atoms. The Balaban J connectivity index is 1.71. The Hall–Kier alpha value is -3.35. The van der Waals surface area contributed by atoms with Gasteiger partial charge in [0.15, 0.2) is 11.0 Å². The van der Waals surface area contributed by atoms with Crippen LogP contribution < -0.4 is 10.1 Å². The number of hydrogen-bond donors (Lipinski definition) is 1. The third-order valence-electron chi connectivity index (χ3n) is 5.09.